The molecule has 0 amide bonds. The number of rotatable bonds is 7. The van der Waals surface area contributed by atoms with Gasteiger partial charge in [0.25, 0.3) is 0 Å². The molecule has 6 heteroatoms. The summed E-state index contributed by atoms with van der Waals surface area (Å²) in [6.45, 7) is 0. The SMILES string of the molecule is [O-]C1C(c2c(O)cc(N(c3ccccc3)c3ccccc3)cc2O)C([O-])C1N(c1ccccc1)c1ccccc1. The summed E-state index contributed by atoms with van der Waals surface area (Å²) in [5.41, 5.74) is 3.64. The van der Waals surface area contributed by atoms with Crippen molar-refractivity contribution in [3.05, 3.63) is 139 Å². The fourth-order valence-corrected chi connectivity index (χ4v) is 5.63. The van der Waals surface area contributed by atoms with E-state index >= 15 is 0 Å². The van der Waals surface area contributed by atoms with E-state index in [1.165, 1.54) is 12.1 Å². The van der Waals surface area contributed by atoms with Crippen molar-refractivity contribution in [3.63, 3.8) is 0 Å². The first-order chi connectivity index (χ1) is 19.5. The quantitative estimate of drug-likeness (QED) is 0.297. The minimum atomic E-state index is -1.37. The highest BCUT2D eigenvalue weighted by atomic mass is 16.3. The third-order valence-corrected chi connectivity index (χ3v) is 7.49. The Morgan fingerprint density at radius 3 is 1.20 bits per heavy atom. The van der Waals surface area contributed by atoms with Crippen molar-refractivity contribution in [2.75, 3.05) is 9.80 Å². The smallest absolute Gasteiger partial charge is 0.124 e. The molecule has 40 heavy (non-hydrogen) atoms. The molecule has 1 saturated carbocycles. The number of hydrogen-bond acceptors (Lipinski definition) is 6. The summed E-state index contributed by atoms with van der Waals surface area (Å²) in [5, 5.41) is 49.8. The van der Waals surface area contributed by atoms with Crippen LogP contribution in [0.15, 0.2) is 133 Å². The van der Waals surface area contributed by atoms with E-state index in [9.17, 15) is 20.4 Å². The van der Waals surface area contributed by atoms with E-state index in [0.29, 0.717) is 5.69 Å². The minimum absolute atomic E-state index is 0.00199. The molecule has 0 aliphatic heterocycles. The predicted octanol–water partition coefficient (Wildman–Crippen LogP) is 5.33. The minimum Gasteiger partial charge on any atom is -0.850 e. The Balaban J connectivity index is 1.36. The predicted molar refractivity (Wildman–Crippen MR) is 154 cm³/mol. The highest BCUT2D eigenvalue weighted by Crippen LogP contribution is 2.50. The van der Waals surface area contributed by atoms with E-state index in [4.69, 9.17) is 0 Å². The number of para-hydroxylation sites is 4. The van der Waals surface area contributed by atoms with Crippen molar-refractivity contribution in [1.29, 1.82) is 0 Å². The van der Waals surface area contributed by atoms with Crippen molar-refractivity contribution in [3.8, 4) is 11.5 Å². The van der Waals surface area contributed by atoms with E-state index < -0.39 is 24.2 Å². The Morgan fingerprint density at radius 2 is 0.825 bits per heavy atom. The van der Waals surface area contributed by atoms with Gasteiger partial charge in [0, 0.05) is 46.5 Å². The summed E-state index contributed by atoms with van der Waals surface area (Å²) in [5.74, 6) is -1.65. The number of phenols is 2. The van der Waals surface area contributed by atoms with Gasteiger partial charge in [0.1, 0.15) is 11.5 Å². The number of anilines is 5. The van der Waals surface area contributed by atoms with Crippen LogP contribution in [0.3, 0.4) is 0 Å². The van der Waals surface area contributed by atoms with E-state index in [1.807, 2.05) is 126 Å². The summed E-state index contributed by atoms with van der Waals surface area (Å²) in [6, 6.07) is 39.9. The molecule has 5 aromatic rings. The normalized spacial score (nSPS) is 19.9. The van der Waals surface area contributed by atoms with E-state index in [0.717, 1.165) is 22.7 Å². The average Bonchev–Trinajstić information content (AvgIpc) is 2.99. The summed E-state index contributed by atoms with van der Waals surface area (Å²) < 4.78 is 0. The Hall–Kier alpha value is -4.78. The molecule has 0 saturated heterocycles. The van der Waals surface area contributed by atoms with Gasteiger partial charge in [-0.1, -0.05) is 85.0 Å². The molecule has 2 N–H and O–H groups in total. The van der Waals surface area contributed by atoms with Crippen LogP contribution < -0.4 is 20.0 Å². The molecule has 200 valence electrons. The lowest BCUT2D eigenvalue weighted by Crippen LogP contribution is -2.73. The molecule has 1 fully saturated rings. The molecule has 2 unspecified atom stereocenters. The Bertz CT molecular complexity index is 1450. The molecule has 1 aliphatic rings. The number of nitrogens with zero attached hydrogens (tertiary/aromatic N) is 2. The average molecular weight is 529 g/mol. The maximum absolute atomic E-state index is 13.7. The second-order valence-corrected chi connectivity index (χ2v) is 9.89. The van der Waals surface area contributed by atoms with Gasteiger partial charge in [-0.15, -0.1) is 0 Å². The van der Waals surface area contributed by atoms with E-state index in [-0.39, 0.29) is 17.1 Å². The highest BCUT2D eigenvalue weighted by Gasteiger charge is 2.44. The molecule has 6 nitrogen and oxygen atoms in total. The van der Waals surface area contributed by atoms with Crippen LogP contribution in [0.2, 0.25) is 0 Å². The second-order valence-electron chi connectivity index (χ2n) is 9.89. The summed E-state index contributed by atoms with van der Waals surface area (Å²) in [7, 11) is 0. The standard InChI is InChI=1S/C34H28N2O4/c37-28-21-27(35(23-13-5-1-6-14-23)24-15-7-2-8-16-24)22-29(38)30(28)31-33(39)32(34(31)40)36(25-17-9-3-10-18-25)26-19-11-4-12-20-26/h1-22,31-34,37-38H/q-2. The van der Waals surface area contributed by atoms with Gasteiger partial charge in [-0.3, -0.25) is 0 Å². The molecular weight excluding hydrogens is 500 g/mol. The zero-order valence-electron chi connectivity index (χ0n) is 21.6. The van der Waals surface area contributed by atoms with Crippen LogP contribution in [0.4, 0.5) is 28.4 Å². The summed E-state index contributed by atoms with van der Waals surface area (Å²) in [6.07, 6.45) is -2.74. The lowest BCUT2D eigenvalue weighted by atomic mass is 9.68. The van der Waals surface area contributed by atoms with Crippen LogP contribution in [-0.4, -0.2) is 28.5 Å². The maximum atomic E-state index is 13.7. The molecular formula is C34H28N2O4-2. The van der Waals surface area contributed by atoms with Crippen LogP contribution in [0.25, 0.3) is 0 Å². The summed E-state index contributed by atoms with van der Waals surface area (Å²) in [4.78, 5) is 3.67. The monoisotopic (exact) mass is 528 g/mol. The molecule has 2 atom stereocenters. The van der Waals surface area contributed by atoms with Crippen LogP contribution in [0.1, 0.15) is 11.5 Å². The molecule has 6 rings (SSSR count). The van der Waals surface area contributed by atoms with Crippen LogP contribution in [-0.2, 0) is 0 Å². The van der Waals surface area contributed by atoms with Gasteiger partial charge in [0.2, 0.25) is 0 Å². The first kappa shape index (κ1) is 25.5. The Labute approximate surface area is 233 Å². The van der Waals surface area contributed by atoms with Gasteiger partial charge >= 0.3 is 0 Å². The fraction of sp³-hybridized carbons (Fsp3) is 0.118. The van der Waals surface area contributed by atoms with Crippen LogP contribution in [0.5, 0.6) is 11.5 Å². The van der Waals surface area contributed by atoms with Gasteiger partial charge in [0.15, 0.2) is 0 Å². The number of hydrogen-bond donors (Lipinski definition) is 2. The third kappa shape index (κ3) is 4.53. The van der Waals surface area contributed by atoms with Crippen molar-refractivity contribution in [2.45, 2.75) is 24.2 Å². The highest BCUT2D eigenvalue weighted by molar-refractivity contribution is 5.79. The largest absolute Gasteiger partial charge is 0.850 e. The van der Waals surface area contributed by atoms with Gasteiger partial charge in [-0.25, -0.2) is 0 Å². The van der Waals surface area contributed by atoms with Crippen molar-refractivity contribution in [1.82, 2.24) is 0 Å². The molecule has 0 heterocycles. The van der Waals surface area contributed by atoms with E-state index in [2.05, 4.69) is 0 Å². The molecule has 0 radical (unpaired) electrons. The van der Waals surface area contributed by atoms with E-state index in [1.54, 1.807) is 4.90 Å². The molecule has 1 aliphatic carbocycles. The zero-order chi connectivity index (χ0) is 27.6. The van der Waals surface area contributed by atoms with Gasteiger partial charge in [-0.05, 0) is 54.4 Å². The molecule has 0 aromatic heterocycles. The van der Waals surface area contributed by atoms with Crippen LogP contribution >= 0.6 is 0 Å². The lowest BCUT2D eigenvalue weighted by molar-refractivity contribution is -0.532. The molecule has 0 bridgehead atoms. The fourth-order valence-electron chi connectivity index (χ4n) is 5.63. The number of benzene rings is 5. The lowest BCUT2D eigenvalue weighted by Gasteiger charge is -2.64. The zero-order valence-corrected chi connectivity index (χ0v) is 21.6. The van der Waals surface area contributed by atoms with Crippen molar-refractivity contribution >= 4 is 28.4 Å². The first-order valence-electron chi connectivity index (χ1n) is 13.2. The summed E-state index contributed by atoms with van der Waals surface area (Å²) >= 11 is 0. The molecule has 0 spiro atoms. The Kier molecular flexibility index (Phi) is 6.86. The Morgan fingerprint density at radius 1 is 0.475 bits per heavy atom. The van der Waals surface area contributed by atoms with Gasteiger partial charge in [-0.2, -0.15) is 0 Å². The number of aromatic hydroxyl groups is 2. The molecule has 5 aromatic carbocycles. The number of phenolic OH excluding ortho intramolecular Hbond substituents is 2. The van der Waals surface area contributed by atoms with Crippen molar-refractivity contribution < 1.29 is 20.4 Å². The third-order valence-electron chi connectivity index (χ3n) is 7.49. The maximum Gasteiger partial charge on any atom is 0.124 e. The topological polar surface area (TPSA) is 93.1 Å². The van der Waals surface area contributed by atoms with Crippen molar-refractivity contribution in [2.24, 2.45) is 0 Å². The second kappa shape index (κ2) is 10.8. The van der Waals surface area contributed by atoms with Gasteiger partial charge < -0.3 is 30.2 Å². The van der Waals surface area contributed by atoms with Gasteiger partial charge in [0.05, 0.1) is 5.69 Å². The van der Waals surface area contributed by atoms with Crippen LogP contribution in [0, 0.1) is 0 Å². The first-order valence-corrected chi connectivity index (χ1v) is 13.2.